The van der Waals surface area contributed by atoms with Crippen LogP contribution in [0.3, 0.4) is 0 Å². The van der Waals surface area contributed by atoms with Crippen LogP contribution in [0.25, 0.3) is 0 Å². The number of epoxide rings is 1. The van der Waals surface area contributed by atoms with E-state index < -0.39 is 0 Å². The van der Waals surface area contributed by atoms with Gasteiger partial charge in [-0.05, 0) is 19.8 Å². The third kappa shape index (κ3) is 1.14. The third-order valence-corrected chi connectivity index (χ3v) is 1.75. The van der Waals surface area contributed by atoms with Crippen LogP contribution < -0.4 is 0 Å². The van der Waals surface area contributed by atoms with Gasteiger partial charge in [0, 0.05) is 0 Å². The van der Waals surface area contributed by atoms with Crippen LogP contribution in [0, 0.1) is 0 Å². The fourth-order valence-electron chi connectivity index (χ4n) is 0.850. The van der Waals surface area contributed by atoms with Gasteiger partial charge in [-0.3, -0.25) is 0 Å². The minimum atomic E-state index is -0.249. The summed E-state index contributed by atoms with van der Waals surface area (Å²) < 4.78 is 9.92. The molecule has 0 bridgehead atoms. The molecule has 1 saturated heterocycles. The first-order valence-electron chi connectivity index (χ1n) is 3.63. The van der Waals surface area contributed by atoms with E-state index in [9.17, 15) is 4.79 Å². The van der Waals surface area contributed by atoms with Crippen molar-refractivity contribution in [2.75, 3.05) is 0 Å². The van der Waals surface area contributed by atoms with E-state index >= 15 is 0 Å². The molecule has 2 rings (SSSR count). The van der Waals surface area contributed by atoms with Gasteiger partial charge in [0.25, 0.3) is 0 Å². The smallest absolute Gasteiger partial charge is 0.338 e. The Bertz CT molecular complexity index is 162. The summed E-state index contributed by atoms with van der Waals surface area (Å²) in [6.07, 6.45) is 2.12. The number of hydrogen-bond acceptors (Lipinski definition) is 3. The molecule has 0 amide bonds. The molecule has 2 aliphatic rings. The predicted octanol–water partition coefficient (Wildman–Crippen LogP) is 0.479. The molecule has 56 valence electrons. The number of hydrogen-bond donors (Lipinski definition) is 0. The van der Waals surface area contributed by atoms with Crippen LogP contribution in [0.2, 0.25) is 0 Å². The Labute approximate surface area is 59.3 Å². The maximum absolute atomic E-state index is 10.9. The van der Waals surface area contributed by atoms with Gasteiger partial charge in [0.15, 0.2) is 6.10 Å². The average Bonchev–Trinajstić information content (AvgIpc) is 2.66. The largest absolute Gasteiger partial charge is 0.460 e. The fourth-order valence-corrected chi connectivity index (χ4v) is 0.850. The minimum absolute atomic E-state index is 0.0891. The van der Waals surface area contributed by atoms with E-state index in [0.29, 0.717) is 0 Å². The Balaban J connectivity index is 1.76. The minimum Gasteiger partial charge on any atom is -0.460 e. The molecule has 10 heavy (non-hydrogen) atoms. The van der Waals surface area contributed by atoms with Crippen molar-refractivity contribution in [3.05, 3.63) is 0 Å². The van der Waals surface area contributed by atoms with Crippen LogP contribution in [0.15, 0.2) is 0 Å². The van der Waals surface area contributed by atoms with Crippen molar-refractivity contribution in [3.8, 4) is 0 Å². The summed E-state index contributed by atoms with van der Waals surface area (Å²) in [6, 6.07) is 0. The molecule has 1 aliphatic carbocycles. The van der Waals surface area contributed by atoms with Crippen LogP contribution in [0.1, 0.15) is 19.8 Å². The summed E-state index contributed by atoms with van der Waals surface area (Å²) in [7, 11) is 0. The molecule has 0 aromatic rings. The Morgan fingerprint density at radius 1 is 1.60 bits per heavy atom. The van der Waals surface area contributed by atoms with Gasteiger partial charge in [-0.1, -0.05) is 0 Å². The molecule has 3 nitrogen and oxygen atoms in total. The van der Waals surface area contributed by atoms with Crippen LogP contribution >= 0.6 is 0 Å². The molecule has 0 spiro atoms. The van der Waals surface area contributed by atoms with Crippen molar-refractivity contribution in [3.63, 3.8) is 0 Å². The van der Waals surface area contributed by atoms with Crippen molar-refractivity contribution in [1.82, 2.24) is 0 Å². The molecule has 2 atom stereocenters. The topological polar surface area (TPSA) is 38.8 Å². The monoisotopic (exact) mass is 142 g/mol. The SMILES string of the molecule is C[C@@H]1O[C@@H]1C(=O)OC1CC1. The highest BCUT2D eigenvalue weighted by Crippen LogP contribution is 2.28. The Hall–Kier alpha value is -0.570. The summed E-state index contributed by atoms with van der Waals surface area (Å²) in [5.74, 6) is -0.171. The molecule has 0 aromatic heterocycles. The van der Waals surface area contributed by atoms with E-state index in [2.05, 4.69) is 0 Å². The van der Waals surface area contributed by atoms with E-state index in [-0.39, 0.29) is 24.3 Å². The van der Waals surface area contributed by atoms with Gasteiger partial charge < -0.3 is 9.47 Å². The maximum Gasteiger partial charge on any atom is 0.338 e. The van der Waals surface area contributed by atoms with Gasteiger partial charge in [-0.15, -0.1) is 0 Å². The summed E-state index contributed by atoms with van der Waals surface area (Å²) >= 11 is 0. The zero-order valence-corrected chi connectivity index (χ0v) is 5.87. The Morgan fingerprint density at radius 3 is 2.60 bits per heavy atom. The maximum atomic E-state index is 10.9. The second-order valence-corrected chi connectivity index (χ2v) is 2.90. The molecular formula is C7H10O3. The second kappa shape index (κ2) is 1.95. The van der Waals surface area contributed by atoms with E-state index in [0.717, 1.165) is 12.8 Å². The van der Waals surface area contributed by atoms with Gasteiger partial charge >= 0.3 is 5.97 Å². The van der Waals surface area contributed by atoms with E-state index in [4.69, 9.17) is 9.47 Å². The van der Waals surface area contributed by atoms with Crippen molar-refractivity contribution >= 4 is 5.97 Å². The third-order valence-electron chi connectivity index (χ3n) is 1.75. The van der Waals surface area contributed by atoms with Crippen molar-refractivity contribution in [2.24, 2.45) is 0 Å². The van der Waals surface area contributed by atoms with Gasteiger partial charge in [-0.25, -0.2) is 4.79 Å². The van der Waals surface area contributed by atoms with Gasteiger partial charge in [0.1, 0.15) is 6.10 Å². The van der Waals surface area contributed by atoms with Crippen molar-refractivity contribution < 1.29 is 14.3 Å². The van der Waals surface area contributed by atoms with Gasteiger partial charge in [-0.2, -0.15) is 0 Å². The fraction of sp³-hybridized carbons (Fsp3) is 0.857. The number of esters is 1. The first kappa shape index (κ1) is 6.16. The van der Waals surface area contributed by atoms with Crippen LogP contribution in [-0.2, 0) is 14.3 Å². The standard InChI is InChI=1S/C7H10O3/c1-4-6(9-4)7(8)10-5-2-3-5/h4-6H,2-3H2,1H3/t4-,6-/m0/s1. The van der Waals surface area contributed by atoms with E-state index in [1.54, 1.807) is 0 Å². The lowest BCUT2D eigenvalue weighted by molar-refractivity contribution is -0.146. The quantitative estimate of drug-likeness (QED) is 0.416. The Morgan fingerprint density at radius 2 is 2.20 bits per heavy atom. The summed E-state index contributed by atoms with van der Waals surface area (Å²) in [5.41, 5.74) is 0. The lowest BCUT2D eigenvalue weighted by Crippen LogP contribution is -2.14. The lowest BCUT2D eigenvalue weighted by Gasteiger charge is -1.96. The molecule has 0 N–H and O–H groups in total. The molecule has 0 radical (unpaired) electrons. The highest BCUT2D eigenvalue weighted by atomic mass is 16.6. The zero-order chi connectivity index (χ0) is 7.14. The normalized spacial score (nSPS) is 37.3. The number of carbonyl (C=O) groups is 1. The molecule has 1 saturated carbocycles. The molecule has 0 aromatic carbocycles. The first-order valence-corrected chi connectivity index (χ1v) is 3.63. The molecular weight excluding hydrogens is 132 g/mol. The van der Waals surface area contributed by atoms with Gasteiger partial charge in [0.05, 0.1) is 6.10 Å². The van der Waals surface area contributed by atoms with Crippen LogP contribution in [-0.4, -0.2) is 24.3 Å². The highest BCUT2D eigenvalue weighted by molar-refractivity contribution is 5.78. The van der Waals surface area contributed by atoms with Crippen molar-refractivity contribution in [1.29, 1.82) is 0 Å². The molecule has 3 heteroatoms. The molecule has 2 fully saturated rings. The molecule has 1 aliphatic heterocycles. The average molecular weight is 142 g/mol. The summed E-state index contributed by atoms with van der Waals surface area (Å²) in [5, 5.41) is 0. The molecule has 1 heterocycles. The number of carbonyl (C=O) groups excluding carboxylic acids is 1. The highest BCUT2D eigenvalue weighted by Gasteiger charge is 2.44. The molecule has 0 unspecified atom stereocenters. The van der Waals surface area contributed by atoms with Gasteiger partial charge in [0.2, 0.25) is 0 Å². The van der Waals surface area contributed by atoms with Crippen LogP contribution in [0.5, 0.6) is 0 Å². The first-order chi connectivity index (χ1) is 4.77. The zero-order valence-electron chi connectivity index (χ0n) is 5.87. The summed E-state index contributed by atoms with van der Waals surface area (Å²) in [4.78, 5) is 10.9. The number of ether oxygens (including phenoxy) is 2. The van der Waals surface area contributed by atoms with E-state index in [1.165, 1.54) is 0 Å². The predicted molar refractivity (Wildman–Crippen MR) is 33.4 cm³/mol. The second-order valence-electron chi connectivity index (χ2n) is 2.90. The number of rotatable bonds is 2. The lowest BCUT2D eigenvalue weighted by atomic mass is 10.3. The summed E-state index contributed by atoms with van der Waals surface area (Å²) in [6.45, 7) is 1.87. The van der Waals surface area contributed by atoms with Crippen molar-refractivity contribution in [2.45, 2.75) is 38.1 Å². The van der Waals surface area contributed by atoms with E-state index in [1.807, 2.05) is 6.92 Å². The van der Waals surface area contributed by atoms with Crippen LogP contribution in [0.4, 0.5) is 0 Å². The Kier molecular flexibility index (Phi) is 1.20.